The van der Waals surface area contributed by atoms with Crippen molar-refractivity contribution in [1.29, 1.82) is 0 Å². The molecule has 0 aliphatic rings. The third kappa shape index (κ3) is 7.98. The molecule has 0 saturated heterocycles. The standard InChI is InChI=1S/C18H27FO4/c1-3-4-5-6-12-22-17-10-9-15(14-16(17)19)18(20)23-13-8-7-11-21-2/h9-10,14H,3-8,11-13H2,1-2H3. The number of carbonyl (C=O) groups excluding carboxylic acids is 1. The molecule has 23 heavy (non-hydrogen) atoms. The fraction of sp³-hybridized carbons (Fsp3) is 0.611. The molecule has 1 rings (SSSR count). The number of methoxy groups -OCH3 is 1. The number of hydrogen-bond acceptors (Lipinski definition) is 4. The maximum absolute atomic E-state index is 13.9. The van der Waals surface area contributed by atoms with E-state index in [1.807, 2.05) is 0 Å². The molecule has 0 radical (unpaired) electrons. The number of esters is 1. The summed E-state index contributed by atoms with van der Waals surface area (Å²) in [5.74, 6) is -0.872. The quantitative estimate of drug-likeness (QED) is 0.423. The third-order valence-corrected chi connectivity index (χ3v) is 3.40. The van der Waals surface area contributed by atoms with Crippen LogP contribution in [0.25, 0.3) is 0 Å². The first-order valence-electron chi connectivity index (χ1n) is 8.27. The molecule has 1 aromatic rings. The Kier molecular flexibility index (Phi) is 10.0. The number of unbranched alkanes of at least 4 members (excludes halogenated alkanes) is 4. The van der Waals surface area contributed by atoms with Crippen molar-refractivity contribution in [2.24, 2.45) is 0 Å². The van der Waals surface area contributed by atoms with Crippen LogP contribution in [0.15, 0.2) is 18.2 Å². The maximum Gasteiger partial charge on any atom is 0.338 e. The van der Waals surface area contributed by atoms with Crippen LogP contribution in [0.4, 0.5) is 4.39 Å². The number of carbonyl (C=O) groups is 1. The predicted octanol–water partition coefficient (Wildman–Crippen LogP) is 4.37. The van der Waals surface area contributed by atoms with E-state index in [0.717, 1.165) is 38.5 Å². The van der Waals surface area contributed by atoms with E-state index in [1.54, 1.807) is 7.11 Å². The van der Waals surface area contributed by atoms with E-state index >= 15 is 0 Å². The second-order valence-electron chi connectivity index (χ2n) is 5.39. The van der Waals surface area contributed by atoms with Crippen LogP contribution < -0.4 is 4.74 Å². The Morgan fingerprint density at radius 3 is 2.48 bits per heavy atom. The highest BCUT2D eigenvalue weighted by Gasteiger charge is 2.11. The molecule has 0 aliphatic heterocycles. The summed E-state index contributed by atoms with van der Waals surface area (Å²) in [6, 6.07) is 4.18. The highest BCUT2D eigenvalue weighted by atomic mass is 19.1. The summed E-state index contributed by atoms with van der Waals surface area (Å²) >= 11 is 0. The van der Waals surface area contributed by atoms with E-state index in [2.05, 4.69) is 6.92 Å². The van der Waals surface area contributed by atoms with E-state index in [0.29, 0.717) is 19.8 Å². The Balaban J connectivity index is 2.37. The van der Waals surface area contributed by atoms with Gasteiger partial charge in [0, 0.05) is 13.7 Å². The topological polar surface area (TPSA) is 44.8 Å². The van der Waals surface area contributed by atoms with Crippen LogP contribution in [-0.2, 0) is 9.47 Å². The normalized spacial score (nSPS) is 10.6. The van der Waals surface area contributed by atoms with E-state index in [9.17, 15) is 9.18 Å². The molecular weight excluding hydrogens is 299 g/mol. The van der Waals surface area contributed by atoms with Crippen LogP contribution in [0, 0.1) is 5.82 Å². The molecule has 0 atom stereocenters. The van der Waals surface area contributed by atoms with Crippen LogP contribution in [0.2, 0.25) is 0 Å². The van der Waals surface area contributed by atoms with Crippen LogP contribution in [0.5, 0.6) is 5.75 Å². The van der Waals surface area contributed by atoms with Gasteiger partial charge >= 0.3 is 5.97 Å². The first-order valence-corrected chi connectivity index (χ1v) is 8.27. The highest BCUT2D eigenvalue weighted by Crippen LogP contribution is 2.19. The van der Waals surface area contributed by atoms with Crippen LogP contribution in [0.1, 0.15) is 55.8 Å². The third-order valence-electron chi connectivity index (χ3n) is 3.40. The Morgan fingerprint density at radius 2 is 1.78 bits per heavy atom. The number of rotatable bonds is 12. The Bertz CT molecular complexity index is 462. The van der Waals surface area contributed by atoms with E-state index < -0.39 is 11.8 Å². The predicted molar refractivity (Wildman–Crippen MR) is 87.4 cm³/mol. The molecule has 130 valence electrons. The highest BCUT2D eigenvalue weighted by molar-refractivity contribution is 5.89. The van der Waals surface area contributed by atoms with Gasteiger partial charge in [0.2, 0.25) is 0 Å². The summed E-state index contributed by atoms with van der Waals surface area (Å²) in [4.78, 5) is 11.8. The van der Waals surface area contributed by atoms with Gasteiger partial charge in [0.1, 0.15) is 0 Å². The van der Waals surface area contributed by atoms with Crippen LogP contribution >= 0.6 is 0 Å². The van der Waals surface area contributed by atoms with Gasteiger partial charge in [0.15, 0.2) is 11.6 Å². The van der Waals surface area contributed by atoms with Gasteiger partial charge in [-0.15, -0.1) is 0 Å². The molecule has 0 aliphatic carbocycles. The molecule has 0 N–H and O–H groups in total. The lowest BCUT2D eigenvalue weighted by Gasteiger charge is -2.09. The number of halogens is 1. The monoisotopic (exact) mass is 326 g/mol. The van der Waals surface area contributed by atoms with Crippen molar-refractivity contribution in [3.05, 3.63) is 29.6 Å². The fourth-order valence-corrected chi connectivity index (χ4v) is 2.05. The lowest BCUT2D eigenvalue weighted by atomic mass is 10.2. The first-order chi connectivity index (χ1) is 11.2. The molecule has 0 amide bonds. The molecule has 0 heterocycles. The van der Waals surface area contributed by atoms with Gasteiger partial charge in [-0.25, -0.2) is 9.18 Å². The Morgan fingerprint density at radius 1 is 1.04 bits per heavy atom. The zero-order chi connectivity index (χ0) is 16.9. The number of hydrogen-bond donors (Lipinski definition) is 0. The summed E-state index contributed by atoms with van der Waals surface area (Å²) in [5, 5.41) is 0. The van der Waals surface area contributed by atoms with Crippen molar-refractivity contribution >= 4 is 5.97 Å². The van der Waals surface area contributed by atoms with Gasteiger partial charge in [-0.05, 0) is 37.5 Å². The number of benzene rings is 1. The second kappa shape index (κ2) is 11.9. The Hall–Kier alpha value is -1.62. The second-order valence-corrected chi connectivity index (χ2v) is 5.39. The van der Waals surface area contributed by atoms with E-state index in [-0.39, 0.29) is 11.3 Å². The van der Waals surface area contributed by atoms with Gasteiger partial charge in [0.25, 0.3) is 0 Å². The average Bonchev–Trinajstić information content (AvgIpc) is 2.55. The van der Waals surface area contributed by atoms with Crippen LogP contribution in [-0.4, -0.2) is 32.9 Å². The molecule has 0 bridgehead atoms. The minimum Gasteiger partial charge on any atom is -0.491 e. The minimum absolute atomic E-state index is 0.179. The first kappa shape index (κ1) is 19.4. The zero-order valence-electron chi connectivity index (χ0n) is 14.1. The average molecular weight is 326 g/mol. The molecule has 0 unspecified atom stereocenters. The van der Waals surface area contributed by atoms with Crippen molar-refractivity contribution in [1.82, 2.24) is 0 Å². The lowest BCUT2D eigenvalue weighted by Crippen LogP contribution is -2.08. The van der Waals surface area contributed by atoms with Crippen molar-refractivity contribution in [2.45, 2.75) is 45.4 Å². The minimum atomic E-state index is -0.533. The molecular formula is C18H27FO4. The van der Waals surface area contributed by atoms with Crippen molar-refractivity contribution in [3.8, 4) is 5.75 Å². The van der Waals surface area contributed by atoms with Crippen LogP contribution in [0.3, 0.4) is 0 Å². The van der Waals surface area contributed by atoms with Crippen molar-refractivity contribution in [3.63, 3.8) is 0 Å². The molecule has 0 aromatic heterocycles. The van der Waals surface area contributed by atoms with Gasteiger partial charge < -0.3 is 14.2 Å². The van der Waals surface area contributed by atoms with E-state index in [4.69, 9.17) is 14.2 Å². The summed E-state index contributed by atoms with van der Waals surface area (Å²) in [5.41, 5.74) is 0.201. The van der Waals surface area contributed by atoms with Gasteiger partial charge in [0.05, 0.1) is 18.8 Å². The zero-order valence-corrected chi connectivity index (χ0v) is 14.1. The smallest absolute Gasteiger partial charge is 0.338 e. The lowest BCUT2D eigenvalue weighted by molar-refractivity contribution is 0.0488. The van der Waals surface area contributed by atoms with E-state index in [1.165, 1.54) is 18.2 Å². The molecule has 1 aromatic carbocycles. The molecule has 5 heteroatoms. The molecule has 0 saturated carbocycles. The SMILES string of the molecule is CCCCCCOc1ccc(C(=O)OCCCCOC)cc1F. The summed E-state index contributed by atoms with van der Waals surface area (Å²) < 4.78 is 29.3. The molecule has 4 nitrogen and oxygen atoms in total. The van der Waals surface area contributed by atoms with Crippen molar-refractivity contribution < 1.29 is 23.4 Å². The van der Waals surface area contributed by atoms with Crippen molar-refractivity contribution in [2.75, 3.05) is 26.9 Å². The largest absolute Gasteiger partial charge is 0.491 e. The molecule has 0 fully saturated rings. The summed E-state index contributed by atoms with van der Waals surface area (Å²) in [6.07, 6.45) is 5.83. The molecule has 0 spiro atoms. The fourth-order valence-electron chi connectivity index (χ4n) is 2.05. The Labute approximate surface area is 137 Å². The van der Waals surface area contributed by atoms with Gasteiger partial charge in [-0.1, -0.05) is 26.2 Å². The van der Waals surface area contributed by atoms with Gasteiger partial charge in [-0.2, -0.15) is 0 Å². The maximum atomic E-state index is 13.9. The van der Waals surface area contributed by atoms with Gasteiger partial charge in [-0.3, -0.25) is 0 Å². The summed E-state index contributed by atoms with van der Waals surface area (Å²) in [6.45, 7) is 3.56. The summed E-state index contributed by atoms with van der Waals surface area (Å²) in [7, 11) is 1.63. The number of ether oxygens (including phenoxy) is 3.